The molecule has 2 aromatic carbocycles. The summed E-state index contributed by atoms with van der Waals surface area (Å²) in [7, 11) is 0. The molecule has 5 heteroatoms. The van der Waals surface area contributed by atoms with Crippen LogP contribution >= 0.6 is 11.3 Å². The third-order valence-corrected chi connectivity index (χ3v) is 16.3. The van der Waals surface area contributed by atoms with E-state index in [1.165, 1.54) is 18.4 Å². The zero-order chi connectivity index (χ0) is 32.9. The zero-order valence-electron chi connectivity index (χ0n) is 28.7. The zero-order valence-corrected chi connectivity index (χ0v) is 29.5. The number of Topliss-reactive ketones (excluding diaryl/α,β-unsaturated/α-hetero) is 1. The molecule has 3 aromatic rings. The van der Waals surface area contributed by atoms with Crippen LogP contribution in [0.1, 0.15) is 86.9 Å². The Morgan fingerprint density at radius 3 is 2.38 bits per heavy atom. The smallest absolute Gasteiger partial charge is 0.199 e. The molecule has 252 valence electrons. The van der Waals surface area contributed by atoms with Gasteiger partial charge in [0.1, 0.15) is 0 Å². The predicted octanol–water partition coefficient (Wildman–Crippen LogP) is 8.63. The van der Waals surface area contributed by atoms with Gasteiger partial charge in [0.05, 0.1) is 16.6 Å². The van der Waals surface area contributed by atoms with Gasteiger partial charge in [0.2, 0.25) is 0 Å². The van der Waals surface area contributed by atoms with Crippen LogP contribution in [0.5, 0.6) is 0 Å². The third kappa shape index (κ3) is 4.33. The number of aliphatic hydroxyl groups is 2. The maximum Gasteiger partial charge on any atom is 0.199 e. The van der Waals surface area contributed by atoms with Crippen LogP contribution in [0.15, 0.2) is 84.5 Å². The summed E-state index contributed by atoms with van der Waals surface area (Å²) in [5.41, 5.74) is 0.638. The highest BCUT2D eigenvalue weighted by molar-refractivity contribution is 7.21. The maximum absolute atomic E-state index is 15.0. The molecule has 1 saturated heterocycles. The van der Waals surface area contributed by atoms with Crippen LogP contribution in [0.4, 0.5) is 0 Å². The molecule has 4 fully saturated rings. The number of aliphatic hydroxyl groups excluding tert-OH is 1. The number of nitrogens with zero attached hydrogens (tertiary/aromatic N) is 1. The van der Waals surface area contributed by atoms with E-state index in [9.17, 15) is 15.0 Å². The van der Waals surface area contributed by atoms with Gasteiger partial charge in [-0.1, -0.05) is 80.6 Å². The molecule has 6 aliphatic carbocycles. The van der Waals surface area contributed by atoms with Crippen molar-refractivity contribution in [2.75, 3.05) is 19.6 Å². The van der Waals surface area contributed by atoms with Gasteiger partial charge in [-0.2, -0.15) is 0 Å². The minimum atomic E-state index is -0.779. The van der Waals surface area contributed by atoms with Crippen LogP contribution in [0.3, 0.4) is 0 Å². The molecule has 0 radical (unpaired) electrons. The van der Waals surface area contributed by atoms with Crippen LogP contribution in [0.2, 0.25) is 0 Å². The Kier molecular flexibility index (Phi) is 7.17. The standard InChI is InChI=1S/C43H51NO3S/c1-39-17-12-32(45)26-41(39)20-21-43(33(27-41)38(46)35-25-31-10-6-7-11-34(31)48-35)36(39)13-18-40(2)37(43)14-19-42(40,47)28-44-22-15-30(16-23-44)24-29-8-4-3-5-9-29/h3-11,20-21,25,27,30,32,36-37,45,47H,12-19,22-24,26,28H2,1-2H3. The van der Waals surface area contributed by atoms with Gasteiger partial charge in [-0.3, -0.25) is 4.79 Å². The van der Waals surface area contributed by atoms with Gasteiger partial charge in [0.25, 0.3) is 0 Å². The summed E-state index contributed by atoms with van der Waals surface area (Å²) in [5, 5.41) is 25.0. The lowest BCUT2D eigenvalue weighted by Crippen LogP contribution is -2.67. The number of carbonyl (C=O) groups is 1. The van der Waals surface area contributed by atoms with Crippen molar-refractivity contribution in [1.29, 1.82) is 0 Å². The van der Waals surface area contributed by atoms with Gasteiger partial charge < -0.3 is 15.1 Å². The first-order chi connectivity index (χ1) is 23.1. The van der Waals surface area contributed by atoms with Crippen LogP contribution in [-0.2, 0) is 6.42 Å². The number of hydrogen-bond acceptors (Lipinski definition) is 5. The fourth-order valence-electron chi connectivity index (χ4n) is 12.5. The third-order valence-electron chi connectivity index (χ3n) is 15.2. The second-order valence-electron chi connectivity index (χ2n) is 17.2. The van der Waals surface area contributed by atoms with Gasteiger partial charge in [0.15, 0.2) is 5.78 Å². The van der Waals surface area contributed by atoms with E-state index in [2.05, 4.69) is 91.6 Å². The number of rotatable bonds is 6. The first-order valence-electron chi connectivity index (χ1n) is 18.7. The molecular formula is C43H51NO3S. The van der Waals surface area contributed by atoms with E-state index in [-0.39, 0.29) is 34.1 Å². The first kappa shape index (κ1) is 31.4. The molecule has 2 spiro atoms. The van der Waals surface area contributed by atoms with Crippen molar-refractivity contribution in [2.45, 2.75) is 89.8 Å². The van der Waals surface area contributed by atoms with E-state index < -0.39 is 11.0 Å². The normalized spacial score (nSPS) is 40.8. The highest BCUT2D eigenvalue weighted by atomic mass is 32.1. The van der Waals surface area contributed by atoms with Gasteiger partial charge in [-0.25, -0.2) is 0 Å². The van der Waals surface area contributed by atoms with E-state index in [1.54, 1.807) is 11.3 Å². The Morgan fingerprint density at radius 1 is 0.875 bits per heavy atom. The lowest BCUT2D eigenvalue weighted by Gasteiger charge is -2.71. The molecule has 1 aliphatic heterocycles. The Balaban J connectivity index is 1.05. The number of thiophene rings is 1. The molecule has 10 rings (SSSR count). The lowest BCUT2D eigenvalue weighted by atomic mass is 9.32. The summed E-state index contributed by atoms with van der Waals surface area (Å²) >= 11 is 1.62. The number of ketones is 1. The fourth-order valence-corrected chi connectivity index (χ4v) is 13.5. The van der Waals surface area contributed by atoms with E-state index in [4.69, 9.17) is 0 Å². The maximum atomic E-state index is 15.0. The number of β-amino-alcohol motifs (C(OH)–C–C–N with tert-alkyl or cyclic N) is 1. The summed E-state index contributed by atoms with van der Waals surface area (Å²) in [6.07, 6.45) is 16.7. The molecule has 0 amide bonds. The number of allylic oxidation sites excluding steroid dienone is 4. The van der Waals surface area contributed by atoms with E-state index in [0.717, 1.165) is 85.1 Å². The topological polar surface area (TPSA) is 60.8 Å². The molecule has 8 atom stereocenters. The molecule has 3 saturated carbocycles. The molecule has 8 unspecified atom stereocenters. The molecule has 2 N–H and O–H groups in total. The molecule has 7 aliphatic rings. The van der Waals surface area contributed by atoms with Crippen molar-refractivity contribution < 1.29 is 15.0 Å². The first-order valence-corrected chi connectivity index (χ1v) is 19.5. The number of hydrogen-bond donors (Lipinski definition) is 2. The Morgan fingerprint density at radius 2 is 1.58 bits per heavy atom. The Labute approximate surface area is 289 Å². The van der Waals surface area contributed by atoms with Gasteiger partial charge in [-0.05, 0) is 124 Å². The summed E-state index contributed by atoms with van der Waals surface area (Å²) in [5.74, 6) is 1.41. The quantitative estimate of drug-likeness (QED) is 0.205. The van der Waals surface area contributed by atoms with Crippen molar-refractivity contribution in [3.8, 4) is 0 Å². The number of benzene rings is 2. The van der Waals surface area contributed by atoms with Crippen LogP contribution < -0.4 is 0 Å². The average molecular weight is 662 g/mol. The van der Waals surface area contributed by atoms with E-state index >= 15 is 0 Å². The number of likely N-dealkylation sites (tertiary alicyclic amines) is 1. The van der Waals surface area contributed by atoms with Crippen LogP contribution in [-0.4, -0.2) is 52.2 Å². The van der Waals surface area contributed by atoms with Crippen molar-refractivity contribution in [1.82, 2.24) is 4.90 Å². The van der Waals surface area contributed by atoms with Gasteiger partial charge >= 0.3 is 0 Å². The average Bonchev–Trinajstić information content (AvgIpc) is 3.64. The van der Waals surface area contributed by atoms with Crippen molar-refractivity contribution in [2.24, 2.45) is 39.4 Å². The summed E-state index contributed by atoms with van der Waals surface area (Å²) < 4.78 is 1.15. The number of carbonyl (C=O) groups excluding carboxylic acids is 1. The second-order valence-corrected chi connectivity index (χ2v) is 18.3. The summed E-state index contributed by atoms with van der Waals surface area (Å²) in [6, 6.07) is 21.3. The number of piperidine rings is 1. The molecular weight excluding hydrogens is 611 g/mol. The van der Waals surface area contributed by atoms with E-state index in [1.807, 2.05) is 6.07 Å². The fraction of sp³-hybridized carbons (Fsp3) is 0.558. The minimum Gasteiger partial charge on any atom is -0.393 e. The monoisotopic (exact) mass is 661 g/mol. The molecule has 2 heterocycles. The van der Waals surface area contributed by atoms with Crippen molar-refractivity contribution in [3.05, 3.63) is 94.9 Å². The van der Waals surface area contributed by atoms with E-state index in [0.29, 0.717) is 18.3 Å². The van der Waals surface area contributed by atoms with Crippen LogP contribution in [0, 0.1) is 39.4 Å². The van der Waals surface area contributed by atoms with Crippen molar-refractivity contribution in [3.63, 3.8) is 0 Å². The molecule has 1 aromatic heterocycles. The Hall–Kier alpha value is -2.57. The summed E-state index contributed by atoms with van der Waals surface area (Å²) in [6.45, 7) is 7.69. The SMILES string of the molecule is CC12CCC(O)CC13C=CC1(C(C(=O)c4cc5ccccc5s4)=C3)C2CCC2(C)C1CCC2(O)CN1CCC(Cc2ccccc2)CC1. The minimum absolute atomic E-state index is 0.00635. The molecule has 48 heavy (non-hydrogen) atoms. The van der Waals surface area contributed by atoms with Gasteiger partial charge in [-0.15, -0.1) is 11.3 Å². The predicted molar refractivity (Wildman–Crippen MR) is 194 cm³/mol. The lowest BCUT2D eigenvalue weighted by molar-refractivity contribution is -0.176. The summed E-state index contributed by atoms with van der Waals surface area (Å²) in [4.78, 5) is 18.4. The molecule has 4 nitrogen and oxygen atoms in total. The second kappa shape index (κ2) is 11.0. The van der Waals surface area contributed by atoms with Crippen LogP contribution in [0.25, 0.3) is 10.1 Å². The highest BCUT2D eigenvalue weighted by Gasteiger charge is 2.74. The largest absolute Gasteiger partial charge is 0.393 e. The highest BCUT2D eigenvalue weighted by Crippen LogP contribution is 2.78. The Bertz CT molecular complexity index is 1770. The molecule has 2 bridgehead atoms. The number of fused-ring (bicyclic) bond motifs is 2. The van der Waals surface area contributed by atoms with Gasteiger partial charge in [0, 0.05) is 33.1 Å². The van der Waals surface area contributed by atoms with Crippen molar-refractivity contribution >= 4 is 27.2 Å².